The van der Waals surface area contributed by atoms with Crippen LogP contribution >= 0.6 is 0 Å². The number of aryl methyl sites for hydroxylation is 1. The average Bonchev–Trinajstić information content (AvgIpc) is 2.41. The normalized spacial score (nSPS) is 18.9. The number of amides is 1. The second-order valence-corrected chi connectivity index (χ2v) is 4.35. The van der Waals surface area contributed by atoms with E-state index in [0.717, 1.165) is 5.56 Å². The van der Waals surface area contributed by atoms with E-state index in [1.807, 2.05) is 0 Å². The van der Waals surface area contributed by atoms with Gasteiger partial charge < -0.3 is 15.4 Å². The highest BCUT2D eigenvalue weighted by Gasteiger charge is 2.23. The van der Waals surface area contributed by atoms with Gasteiger partial charge >= 0.3 is 0 Å². The maximum Gasteiger partial charge on any atom is 0.293 e. The number of benzene rings is 1. The van der Waals surface area contributed by atoms with Crippen LogP contribution in [0.15, 0.2) is 18.2 Å². The third kappa shape index (κ3) is 3.27. The van der Waals surface area contributed by atoms with Crippen molar-refractivity contribution >= 4 is 17.3 Å². The van der Waals surface area contributed by atoms with Crippen LogP contribution in [0.25, 0.3) is 0 Å². The Kier molecular flexibility index (Phi) is 4.08. The van der Waals surface area contributed by atoms with E-state index in [-0.39, 0.29) is 23.9 Å². The molecule has 2 rings (SSSR count). The number of hydrogen-bond acceptors (Lipinski definition) is 5. The molecular formula is C12H15N3O4. The number of rotatable bonds is 3. The van der Waals surface area contributed by atoms with Crippen molar-refractivity contribution in [2.45, 2.75) is 13.0 Å². The van der Waals surface area contributed by atoms with Gasteiger partial charge in [0, 0.05) is 12.6 Å². The van der Waals surface area contributed by atoms with E-state index < -0.39 is 11.0 Å². The molecule has 1 aromatic carbocycles. The van der Waals surface area contributed by atoms with Gasteiger partial charge in [0.1, 0.15) is 11.7 Å². The number of hydrogen-bond donors (Lipinski definition) is 2. The van der Waals surface area contributed by atoms with Gasteiger partial charge in [-0.1, -0.05) is 6.07 Å². The van der Waals surface area contributed by atoms with Gasteiger partial charge in [0.05, 0.1) is 18.1 Å². The van der Waals surface area contributed by atoms with E-state index >= 15 is 0 Å². The zero-order chi connectivity index (χ0) is 13.8. The Bertz CT molecular complexity index is 498. The monoisotopic (exact) mass is 265 g/mol. The molecule has 7 heteroatoms. The van der Waals surface area contributed by atoms with E-state index in [4.69, 9.17) is 4.74 Å². The fourth-order valence-electron chi connectivity index (χ4n) is 1.85. The molecule has 0 spiro atoms. The molecule has 102 valence electrons. The third-order valence-corrected chi connectivity index (χ3v) is 2.85. The van der Waals surface area contributed by atoms with Gasteiger partial charge in [-0.15, -0.1) is 0 Å². The first-order chi connectivity index (χ1) is 9.08. The molecular weight excluding hydrogens is 250 g/mol. The minimum absolute atomic E-state index is 0.106. The van der Waals surface area contributed by atoms with Crippen molar-refractivity contribution in [2.24, 2.45) is 0 Å². The van der Waals surface area contributed by atoms with Crippen LogP contribution in [0.4, 0.5) is 11.4 Å². The van der Waals surface area contributed by atoms with Gasteiger partial charge in [-0.05, 0) is 18.6 Å². The summed E-state index contributed by atoms with van der Waals surface area (Å²) < 4.78 is 5.18. The summed E-state index contributed by atoms with van der Waals surface area (Å²) in [6.07, 6.45) is 0. The molecule has 7 nitrogen and oxygen atoms in total. The van der Waals surface area contributed by atoms with Crippen molar-refractivity contribution in [3.8, 4) is 0 Å². The molecule has 0 saturated carbocycles. The number of nitrogens with zero attached hydrogens (tertiary/aromatic N) is 1. The largest absolute Gasteiger partial charge is 0.378 e. The summed E-state index contributed by atoms with van der Waals surface area (Å²) in [5.41, 5.74) is 0.863. The number of nitrogens with one attached hydrogen (secondary N) is 2. The fraction of sp³-hybridized carbons (Fsp3) is 0.417. The summed E-state index contributed by atoms with van der Waals surface area (Å²) in [5.74, 6) is -0.327. The molecule has 1 aliphatic rings. The number of carbonyl (C=O) groups excluding carboxylic acids is 1. The molecule has 1 unspecified atom stereocenters. The van der Waals surface area contributed by atoms with Crippen molar-refractivity contribution in [1.82, 2.24) is 5.32 Å². The van der Waals surface area contributed by atoms with Crippen LogP contribution in [0.1, 0.15) is 5.56 Å². The lowest BCUT2D eigenvalue weighted by atomic mass is 10.2. The molecule has 2 N–H and O–H groups in total. The summed E-state index contributed by atoms with van der Waals surface area (Å²) in [6, 6.07) is 4.21. The Hall–Kier alpha value is -1.99. The first kappa shape index (κ1) is 13.4. The van der Waals surface area contributed by atoms with Gasteiger partial charge in [-0.2, -0.15) is 0 Å². The average molecular weight is 265 g/mol. The number of anilines is 1. The van der Waals surface area contributed by atoms with Gasteiger partial charge in [0.25, 0.3) is 5.69 Å². The highest BCUT2D eigenvalue weighted by atomic mass is 16.6. The van der Waals surface area contributed by atoms with Crippen molar-refractivity contribution < 1.29 is 14.5 Å². The minimum atomic E-state index is -0.507. The molecule has 1 aromatic rings. The van der Waals surface area contributed by atoms with Crippen molar-refractivity contribution in [3.63, 3.8) is 0 Å². The maximum absolute atomic E-state index is 12.0. The quantitative estimate of drug-likeness (QED) is 0.623. The predicted octanol–water partition coefficient (Wildman–Crippen LogP) is 0.830. The second-order valence-electron chi connectivity index (χ2n) is 4.35. The fourth-order valence-corrected chi connectivity index (χ4v) is 1.85. The van der Waals surface area contributed by atoms with E-state index in [9.17, 15) is 14.9 Å². The van der Waals surface area contributed by atoms with Crippen LogP contribution in [0, 0.1) is 17.0 Å². The van der Waals surface area contributed by atoms with Crippen molar-refractivity contribution in [2.75, 3.05) is 25.1 Å². The number of carbonyl (C=O) groups is 1. The molecule has 1 fully saturated rings. The SMILES string of the molecule is Cc1ccc(NC(=O)C2COCCN2)c([N+](=O)[O-])c1. The number of nitro benzene ring substituents is 1. The van der Waals surface area contributed by atoms with Crippen LogP contribution in [0.5, 0.6) is 0 Å². The van der Waals surface area contributed by atoms with Crippen molar-refractivity contribution in [3.05, 3.63) is 33.9 Å². The number of ether oxygens (including phenoxy) is 1. The van der Waals surface area contributed by atoms with Crippen LogP contribution < -0.4 is 10.6 Å². The van der Waals surface area contributed by atoms with E-state index in [1.54, 1.807) is 13.0 Å². The summed E-state index contributed by atoms with van der Waals surface area (Å²) in [4.78, 5) is 22.4. The number of nitro groups is 1. The summed E-state index contributed by atoms with van der Waals surface area (Å²) in [6.45, 7) is 3.18. The minimum Gasteiger partial charge on any atom is -0.378 e. The molecule has 0 radical (unpaired) electrons. The highest BCUT2D eigenvalue weighted by Crippen LogP contribution is 2.25. The van der Waals surface area contributed by atoms with Crippen LogP contribution in [-0.4, -0.2) is 36.6 Å². The second kappa shape index (κ2) is 5.77. The molecule has 0 bridgehead atoms. The lowest BCUT2D eigenvalue weighted by molar-refractivity contribution is -0.384. The summed E-state index contributed by atoms with van der Waals surface area (Å²) in [7, 11) is 0. The number of morpholine rings is 1. The third-order valence-electron chi connectivity index (χ3n) is 2.85. The molecule has 1 heterocycles. The van der Waals surface area contributed by atoms with Gasteiger partial charge in [0.2, 0.25) is 5.91 Å². The molecule has 1 aliphatic heterocycles. The summed E-state index contributed by atoms with van der Waals surface area (Å²) >= 11 is 0. The van der Waals surface area contributed by atoms with Crippen LogP contribution in [-0.2, 0) is 9.53 Å². The predicted molar refractivity (Wildman–Crippen MR) is 69.1 cm³/mol. The zero-order valence-electron chi connectivity index (χ0n) is 10.5. The Morgan fingerprint density at radius 3 is 3.00 bits per heavy atom. The standard InChI is InChI=1S/C12H15N3O4/c1-8-2-3-9(11(6-8)15(17)18)14-12(16)10-7-19-5-4-13-10/h2-3,6,10,13H,4-5,7H2,1H3,(H,14,16). The van der Waals surface area contributed by atoms with Crippen molar-refractivity contribution in [1.29, 1.82) is 0 Å². The molecule has 1 saturated heterocycles. The highest BCUT2D eigenvalue weighted by molar-refractivity contribution is 5.96. The molecule has 1 atom stereocenters. The van der Waals surface area contributed by atoms with Crippen LogP contribution in [0.3, 0.4) is 0 Å². The molecule has 1 amide bonds. The maximum atomic E-state index is 12.0. The van der Waals surface area contributed by atoms with Gasteiger partial charge in [-0.3, -0.25) is 14.9 Å². The first-order valence-corrected chi connectivity index (χ1v) is 5.95. The zero-order valence-corrected chi connectivity index (χ0v) is 10.5. The van der Waals surface area contributed by atoms with E-state index in [1.165, 1.54) is 12.1 Å². The Labute approximate surface area is 110 Å². The van der Waals surface area contributed by atoms with E-state index in [2.05, 4.69) is 10.6 Å². The molecule has 19 heavy (non-hydrogen) atoms. The topological polar surface area (TPSA) is 93.5 Å². The Morgan fingerprint density at radius 2 is 2.37 bits per heavy atom. The summed E-state index contributed by atoms with van der Waals surface area (Å²) in [5, 5.41) is 16.5. The first-order valence-electron chi connectivity index (χ1n) is 5.95. The molecule has 0 aliphatic carbocycles. The molecule has 0 aromatic heterocycles. The Morgan fingerprint density at radius 1 is 1.58 bits per heavy atom. The lowest BCUT2D eigenvalue weighted by Crippen LogP contribution is -2.48. The lowest BCUT2D eigenvalue weighted by Gasteiger charge is -2.22. The smallest absolute Gasteiger partial charge is 0.293 e. The van der Waals surface area contributed by atoms with Gasteiger partial charge in [-0.25, -0.2) is 0 Å². The van der Waals surface area contributed by atoms with Gasteiger partial charge in [0.15, 0.2) is 0 Å². The van der Waals surface area contributed by atoms with E-state index in [0.29, 0.717) is 13.2 Å². The van der Waals surface area contributed by atoms with Crippen LogP contribution in [0.2, 0.25) is 0 Å². The Balaban J connectivity index is 2.13.